The Kier molecular flexibility index (Phi) is 5.01. The molecule has 2 aromatic heterocycles. The number of rotatable bonds is 4. The van der Waals surface area contributed by atoms with Crippen molar-refractivity contribution < 1.29 is 9.32 Å². The van der Waals surface area contributed by atoms with E-state index in [-0.39, 0.29) is 11.8 Å². The molecule has 0 unspecified atom stereocenters. The molecule has 0 aromatic carbocycles. The first-order valence-corrected chi connectivity index (χ1v) is 8.78. The van der Waals surface area contributed by atoms with Crippen LogP contribution >= 0.6 is 0 Å². The number of nitrogens with zero attached hydrogens (tertiary/aromatic N) is 4. The molecule has 7 heteroatoms. The minimum Gasteiger partial charge on any atom is -0.366 e. The molecule has 134 valence electrons. The van der Waals surface area contributed by atoms with Crippen LogP contribution in [0.2, 0.25) is 0 Å². The van der Waals surface area contributed by atoms with Gasteiger partial charge in [-0.3, -0.25) is 4.79 Å². The molecule has 1 saturated heterocycles. The molecule has 1 amide bonds. The van der Waals surface area contributed by atoms with Crippen LogP contribution in [0, 0.1) is 13.8 Å². The largest absolute Gasteiger partial charge is 0.366 e. The number of amides is 1. The number of nitrogens with one attached hydrogen (secondary N) is 1. The molecule has 0 bridgehead atoms. The van der Waals surface area contributed by atoms with Crippen LogP contribution in [-0.4, -0.2) is 45.3 Å². The summed E-state index contributed by atoms with van der Waals surface area (Å²) in [5.74, 6) is 1.63. The molecule has 0 radical (unpaired) electrons. The monoisotopic (exact) mass is 343 g/mol. The first kappa shape index (κ1) is 17.4. The second-order valence-corrected chi connectivity index (χ2v) is 6.93. The molecule has 0 saturated carbocycles. The van der Waals surface area contributed by atoms with Gasteiger partial charge in [0, 0.05) is 25.0 Å². The van der Waals surface area contributed by atoms with E-state index in [0.717, 1.165) is 24.4 Å². The topological polar surface area (TPSA) is 84.2 Å². The minimum absolute atomic E-state index is 0.0241. The normalized spacial score (nSPS) is 15.6. The van der Waals surface area contributed by atoms with E-state index in [1.54, 1.807) is 0 Å². The Hall–Kier alpha value is -2.44. The molecule has 25 heavy (non-hydrogen) atoms. The lowest BCUT2D eigenvalue weighted by molar-refractivity contribution is 0.0715. The number of hydrogen-bond donors (Lipinski definition) is 1. The number of piperidine rings is 1. The van der Waals surface area contributed by atoms with Crippen molar-refractivity contribution in [2.75, 3.05) is 18.4 Å². The molecule has 1 aliphatic rings. The van der Waals surface area contributed by atoms with E-state index >= 15 is 0 Å². The van der Waals surface area contributed by atoms with Gasteiger partial charge in [-0.25, -0.2) is 0 Å². The summed E-state index contributed by atoms with van der Waals surface area (Å²) in [5, 5.41) is 15.6. The average Bonchev–Trinajstić information content (AvgIpc) is 2.99. The van der Waals surface area contributed by atoms with Crippen LogP contribution in [0.4, 0.5) is 5.82 Å². The van der Waals surface area contributed by atoms with Crippen LogP contribution in [0.15, 0.2) is 16.7 Å². The van der Waals surface area contributed by atoms with Gasteiger partial charge < -0.3 is 14.7 Å². The van der Waals surface area contributed by atoms with E-state index in [9.17, 15) is 4.79 Å². The molecular formula is C18H25N5O2. The van der Waals surface area contributed by atoms with Crippen molar-refractivity contribution in [1.82, 2.24) is 20.3 Å². The first-order valence-electron chi connectivity index (χ1n) is 8.78. The average molecular weight is 343 g/mol. The third kappa shape index (κ3) is 3.81. The van der Waals surface area contributed by atoms with Gasteiger partial charge in [-0.15, -0.1) is 5.10 Å². The van der Waals surface area contributed by atoms with Gasteiger partial charge in [0.2, 0.25) is 0 Å². The van der Waals surface area contributed by atoms with E-state index in [2.05, 4.69) is 20.7 Å². The smallest absolute Gasteiger partial charge is 0.259 e. The van der Waals surface area contributed by atoms with E-state index in [0.29, 0.717) is 36.1 Å². The highest BCUT2D eigenvalue weighted by molar-refractivity contribution is 5.96. The van der Waals surface area contributed by atoms with Crippen molar-refractivity contribution in [3.8, 4) is 0 Å². The predicted molar refractivity (Wildman–Crippen MR) is 94.6 cm³/mol. The van der Waals surface area contributed by atoms with Crippen molar-refractivity contribution in [3.05, 3.63) is 34.8 Å². The van der Waals surface area contributed by atoms with Gasteiger partial charge in [0.25, 0.3) is 5.91 Å². The number of likely N-dealkylation sites (tertiary alicyclic amines) is 1. The Balaban J connectivity index is 1.61. The molecule has 0 aliphatic carbocycles. The van der Waals surface area contributed by atoms with Gasteiger partial charge in [-0.1, -0.05) is 19.0 Å². The standard InChI is InChI=1S/C18H25N5O2/c1-11(2)17-16(13(4)22-25-17)18(24)23-9-7-14(8-10-23)19-15-6-5-12(3)20-21-15/h5-6,11,14H,7-10H2,1-4H3,(H,19,21). The van der Waals surface area contributed by atoms with Gasteiger partial charge in [0.05, 0.1) is 11.4 Å². The fourth-order valence-corrected chi connectivity index (χ4v) is 3.11. The van der Waals surface area contributed by atoms with Gasteiger partial charge in [-0.2, -0.15) is 5.10 Å². The van der Waals surface area contributed by atoms with E-state index < -0.39 is 0 Å². The number of aryl methyl sites for hydroxylation is 2. The lowest BCUT2D eigenvalue weighted by atomic mass is 10.0. The SMILES string of the molecule is Cc1ccc(NC2CCN(C(=O)c3c(C)noc3C(C)C)CC2)nn1. The van der Waals surface area contributed by atoms with E-state index in [1.165, 1.54) is 0 Å². The molecule has 3 heterocycles. The summed E-state index contributed by atoms with van der Waals surface area (Å²) in [6.45, 7) is 9.17. The Morgan fingerprint density at radius 1 is 1.24 bits per heavy atom. The Morgan fingerprint density at radius 3 is 2.56 bits per heavy atom. The number of hydrogen-bond acceptors (Lipinski definition) is 6. The lowest BCUT2D eigenvalue weighted by Crippen LogP contribution is -2.42. The number of anilines is 1. The Morgan fingerprint density at radius 2 is 1.96 bits per heavy atom. The summed E-state index contributed by atoms with van der Waals surface area (Å²) in [7, 11) is 0. The zero-order chi connectivity index (χ0) is 18.0. The van der Waals surface area contributed by atoms with Crippen molar-refractivity contribution in [2.45, 2.75) is 52.5 Å². The fraction of sp³-hybridized carbons (Fsp3) is 0.556. The molecule has 7 nitrogen and oxygen atoms in total. The number of carbonyl (C=O) groups excluding carboxylic acids is 1. The van der Waals surface area contributed by atoms with Crippen LogP contribution in [0.3, 0.4) is 0 Å². The third-order valence-electron chi connectivity index (χ3n) is 4.56. The van der Waals surface area contributed by atoms with Crippen LogP contribution in [0.5, 0.6) is 0 Å². The fourth-order valence-electron chi connectivity index (χ4n) is 3.11. The summed E-state index contributed by atoms with van der Waals surface area (Å²) in [5.41, 5.74) is 2.20. The summed E-state index contributed by atoms with van der Waals surface area (Å²) in [6, 6.07) is 4.18. The number of carbonyl (C=O) groups is 1. The van der Waals surface area contributed by atoms with E-state index in [4.69, 9.17) is 4.52 Å². The summed E-state index contributed by atoms with van der Waals surface area (Å²) < 4.78 is 5.35. The van der Waals surface area contributed by atoms with Crippen molar-refractivity contribution in [3.63, 3.8) is 0 Å². The highest BCUT2D eigenvalue weighted by Gasteiger charge is 2.29. The molecule has 1 N–H and O–H groups in total. The summed E-state index contributed by atoms with van der Waals surface area (Å²) in [4.78, 5) is 14.8. The lowest BCUT2D eigenvalue weighted by Gasteiger charge is -2.32. The molecule has 3 rings (SSSR count). The van der Waals surface area contributed by atoms with Crippen LogP contribution in [0.25, 0.3) is 0 Å². The zero-order valence-electron chi connectivity index (χ0n) is 15.2. The highest BCUT2D eigenvalue weighted by atomic mass is 16.5. The van der Waals surface area contributed by atoms with Crippen LogP contribution in [-0.2, 0) is 0 Å². The molecule has 2 aromatic rings. The zero-order valence-corrected chi connectivity index (χ0v) is 15.2. The molecular weight excluding hydrogens is 318 g/mol. The molecule has 0 spiro atoms. The van der Waals surface area contributed by atoms with Crippen LogP contribution < -0.4 is 5.32 Å². The van der Waals surface area contributed by atoms with Crippen LogP contribution in [0.1, 0.15) is 60.1 Å². The van der Waals surface area contributed by atoms with Gasteiger partial charge in [-0.05, 0) is 38.8 Å². The van der Waals surface area contributed by atoms with Gasteiger partial charge in [0.15, 0.2) is 5.76 Å². The molecule has 0 atom stereocenters. The van der Waals surface area contributed by atoms with Crippen molar-refractivity contribution in [1.29, 1.82) is 0 Å². The minimum atomic E-state index is 0.0241. The second kappa shape index (κ2) is 7.21. The maximum absolute atomic E-state index is 12.9. The van der Waals surface area contributed by atoms with Crippen molar-refractivity contribution >= 4 is 11.7 Å². The Bertz CT molecular complexity index is 730. The summed E-state index contributed by atoms with van der Waals surface area (Å²) in [6.07, 6.45) is 1.76. The summed E-state index contributed by atoms with van der Waals surface area (Å²) >= 11 is 0. The number of aromatic nitrogens is 3. The molecule has 1 aliphatic heterocycles. The predicted octanol–water partition coefficient (Wildman–Crippen LogP) is 2.92. The maximum atomic E-state index is 12.9. The Labute approximate surface area is 147 Å². The van der Waals surface area contributed by atoms with Gasteiger partial charge >= 0.3 is 0 Å². The van der Waals surface area contributed by atoms with E-state index in [1.807, 2.05) is 44.7 Å². The quantitative estimate of drug-likeness (QED) is 0.919. The third-order valence-corrected chi connectivity index (χ3v) is 4.56. The van der Waals surface area contributed by atoms with Crippen molar-refractivity contribution in [2.24, 2.45) is 0 Å². The highest BCUT2D eigenvalue weighted by Crippen LogP contribution is 2.25. The first-order chi connectivity index (χ1) is 12.0. The maximum Gasteiger partial charge on any atom is 0.259 e. The second-order valence-electron chi connectivity index (χ2n) is 6.93. The van der Waals surface area contributed by atoms with Gasteiger partial charge in [0.1, 0.15) is 11.4 Å². The molecule has 1 fully saturated rings.